The van der Waals surface area contributed by atoms with Crippen molar-refractivity contribution in [3.05, 3.63) is 42.5 Å². The Bertz CT molecular complexity index is 583. The van der Waals surface area contributed by atoms with Crippen LogP contribution in [-0.2, 0) is 4.79 Å². The Kier molecular flexibility index (Phi) is 3.47. The van der Waals surface area contributed by atoms with Gasteiger partial charge in [0.2, 0.25) is 5.91 Å². The zero-order valence-corrected chi connectivity index (χ0v) is 10.9. The number of benzene rings is 2. The number of hydrogen-bond donors (Lipinski definition) is 2. The number of piperidine rings is 1. The molecular formula is C16H18N2O. The number of amides is 1. The topological polar surface area (TPSA) is 41.1 Å². The summed E-state index contributed by atoms with van der Waals surface area (Å²) in [4.78, 5) is 12.2. The van der Waals surface area contributed by atoms with Gasteiger partial charge in [0.25, 0.3) is 0 Å². The van der Waals surface area contributed by atoms with Gasteiger partial charge in [-0.2, -0.15) is 0 Å². The van der Waals surface area contributed by atoms with E-state index in [2.05, 4.69) is 22.8 Å². The van der Waals surface area contributed by atoms with E-state index in [1.54, 1.807) is 0 Å². The molecule has 98 valence electrons. The van der Waals surface area contributed by atoms with Gasteiger partial charge in [0.15, 0.2) is 0 Å². The molecule has 0 aliphatic carbocycles. The number of carbonyl (C=O) groups excluding carboxylic acids is 1. The predicted octanol–water partition coefficient (Wildman–Crippen LogP) is 2.92. The summed E-state index contributed by atoms with van der Waals surface area (Å²) >= 11 is 0. The second kappa shape index (κ2) is 5.41. The second-order valence-corrected chi connectivity index (χ2v) is 5.02. The highest BCUT2D eigenvalue weighted by atomic mass is 16.2. The van der Waals surface area contributed by atoms with Crippen molar-refractivity contribution in [1.29, 1.82) is 0 Å². The summed E-state index contributed by atoms with van der Waals surface area (Å²) in [5.41, 5.74) is 0.899. The van der Waals surface area contributed by atoms with E-state index in [4.69, 9.17) is 0 Å². The number of rotatable bonds is 2. The first-order chi connectivity index (χ1) is 9.34. The van der Waals surface area contributed by atoms with Crippen molar-refractivity contribution in [2.45, 2.75) is 25.3 Å². The number of carbonyl (C=O) groups is 1. The molecule has 2 aromatic carbocycles. The fraction of sp³-hybridized carbons (Fsp3) is 0.312. The van der Waals surface area contributed by atoms with Crippen LogP contribution in [0.15, 0.2) is 42.5 Å². The summed E-state index contributed by atoms with van der Waals surface area (Å²) in [7, 11) is 0. The minimum Gasteiger partial charge on any atom is -0.324 e. The number of anilines is 1. The van der Waals surface area contributed by atoms with Crippen molar-refractivity contribution < 1.29 is 4.79 Å². The maximum atomic E-state index is 12.2. The Balaban J connectivity index is 1.82. The molecule has 1 atom stereocenters. The summed E-state index contributed by atoms with van der Waals surface area (Å²) in [5.74, 6) is 0.0797. The molecule has 1 heterocycles. The van der Waals surface area contributed by atoms with Crippen LogP contribution in [0.4, 0.5) is 5.69 Å². The molecule has 0 saturated carbocycles. The maximum Gasteiger partial charge on any atom is 0.241 e. The Morgan fingerprint density at radius 1 is 1.11 bits per heavy atom. The molecule has 3 nitrogen and oxygen atoms in total. The molecule has 1 aliphatic rings. The highest BCUT2D eigenvalue weighted by Crippen LogP contribution is 2.23. The van der Waals surface area contributed by atoms with Crippen molar-refractivity contribution in [3.8, 4) is 0 Å². The first kappa shape index (κ1) is 12.2. The third-order valence-electron chi connectivity index (χ3n) is 3.67. The van der Waals surface area contributed by atoms with E-state index >= 15 is 0 Å². The van der Waals surface area contributed by atoms with Gasteiger partial charge in [-0.15, -0.1) is 0 Å². The zero-order chi connectivity index (χ0) is 13.1. The number of fused-ring (bicyclic) bond motifs is 1. The second-order valence-electron chi connectivity index (χ2n) is 5.02. The SMILES string of the molecule is O=C(Nc1cccc2ccccc12)[C@H]1CCCCN1. The van der Waals surface area contributed by atoms with Crippen LogP contribution in [0.25, 0.3) is 10.8 Å². The molecule has 1 fully saturated rings. The van der Waals surface area contributed by atoms with Gasteiger partial charge < -0.3 is 10.6 Å². The fourth-order valence-corrected chi connectivity index (χ4v) is 2.63. The monoisotopic (exact) mass is 254 g/mol. The molecule has 1 amide bonds. The van der Waals surface area contributed by atoms with Crippen molar-refractivity contribution in [2.24, 2.45) is 0 Å². The Morgan fingerprint density at radius 2 is 1.95 bits per heavy atom. The molecule has 3 rings (SSSR count). The maximum absolute atomic E-state index is 12.2. The van der Waals surface area contributed by atoms with Crippen LogP contribution < -0.4 is 10.6 Å². The minimum absolute atomic E-state index is 0.0484. The summed E-state index contributed by atoms with van der Waals surface area (Å²) in [6.07, 6.45) is 3.22. The van der Waals surface area contributed by atoms with Gasteiger partial charge in [-0.05, 0) is 30.8 Å². The highest BCUT2D eigenvalue weighted by Gasteiger charge is 2.20. The lowest BCUT2D eigenvalue weighted by Crippen LogP contribution is -2.43. The fourth-order valence-electron chi connectivity index (χ4n) is 2.63. The zero-order valence-electron chi connectivity index (χ0n) is 10.9. The molecular weight excluding hydrogens is 236 g/mol. The highest BCUT2D eigenvalue weighted by molar-refractivity contribution is 6.03. The summed E-state index contributed by atoms with van der Waals surface area (Å²) in [6, 6.07) is 14.1. The van der Waals surface area contributed by atoms with Gasteiger partial charge in [-0.3, -0.25) is 4.79 Å². The number of nitrogens with one attached hydrogen (secondary N) is 2. The van der Waals surface area contributed by atoms with Gasteiger partial charge >= 0.3 is 0 Å². The van der Waals surface area contributed by atoms with Crippen molar-refractivity contribution in [3.63, 3.8) is 0 Å². The molecule has 1 aliphatic heterocycles. The van der Waals surface area contributed by atoms with Crippen LogP contribution >= 0.6 is 0 Å². The summed E-state index contributed by atoms with van der Waals surface area (Å²) in [6.45, 7) is 0.938. The lowest BCUT2D eigenvalue weighted by atomic mass is 10.0. The van der Waals surface area contributed by atoms with Crippen LogP contribution in [0.2, 0.25) is 0 Å². The molecule has 2 N–H and O–H groups in total. The van der Waals surface area contributed by atoms with Crippen LogP contribution in [0, 0.1) is 0 Å². The van der Waals surface area contributed by atoms with E-state index in [9.17, 15) is 4.79 Å². The van der Waals surface area contributed by atoms with E-state index in [-0.39, 0.29) is 11.9 Å². The average molecular weight is 254 g/mol. The third kappa shape index (κ3) is 2.61. The molecule has 0 aromatic heterocycles. The van der Waals surface area contributed by atoms with Crippen LogP contribution in [0.3, 0.4) is 0 Å². The first-order valence-electron chi connectivity index (χ1n) is 6.86. The molecule has 0 radical (unpaired) electrons. The quantitative estimate of drug-likeness (QED) is 0.865. The van der Waals surface area contributed by atoms with Gasteiger partial charge in [0.1, 0.15) is 0 Å². The largest absolute Gasteiger partial charge is 0.324 e. The van der Waals surface area contributed by atoms with Gasteiger partial charge in [0.05, 0.1) is 6.04 Å². The molecule has 3 heteroatoms. The Labute approximate surface area is 113 Å². The molecule has 2 aromatic rings. The molecule has 19 heavy (non-hydrogen) atoms. The summed E-state index contributed by atoms with van der Waals surface area (Å²) in [5, 5.41) is 8.57. The van der Waals surface area contributed by atoms with E-state index in [0.717, 1.165) is 42.3 Å². The lowest BCUT2D eigenvalue weighted by Gasteiger charge is -2.22. The Hall–Kier alpha value is -1.87. The molecule has 0 spiro atoms. The van der Waals surface area contributed by atoms with E-state index in [1.165, 1.54) is 0 Å². The number of hydrogen-bond acceptors (Lipinski definition) is 2. The standard InChI is InChI=1S/C16H18N2O/c19-16(15-9-3-4-11-17-15)18-14-10-5-7-12-6-1-2-8-13(12)14/h1-2,5-8,10,15,17H,3-4,9,11H2,(H,18,19)/t15-/m1/s1. The first-order valence-corrected chi connectivity index (χ1v) is 6.86. The molecule has 1 saturated heterocycles. The molecule has 0 bridgehead atoms. The lowest BCUT2D eigenvalue weighted by molar-refractivity contribution is -0.118. The third-order valence-corrected chi connectivity index (χ3v) is 3.67. The van der Waals surface area contributed by atoms with Crippen molar-refractivity contribution >= 4 is 22.4 Å². The van der Waals surface area contributed by atoms with Gasteiger partial charge in [0, 0.05) is 11.1 Å². The average Bonchev–Trinajstić information content (AvgIpc) is 2.48. The van der Waals surface area contributed by atoms with Gasteiger partial charge in [-0.25, -0.2) is 0 Å². The van der Waals surface area contributed by atoms with Gasteiger partial charge in [-0.1, -0.05) is 42.8 Å². The van der Waals surface area contributed by atoms with E-state index < -0.39 is 0 Å². The summed E-state index contributed by atoms with van der Waals surface area (Å²) < 4.78 is 0. The van der Waals surface area contributed by atoms with Crippen molar-refractivity contribution in [2.75, 3.05) is 11.9 Å². The van der Waals surface area contributed by atoms with Crippen molar-refractivity contribution in [1.82, 2.24) is 5.32 Å². The predicted molar refractivity (Wildman–Crippen MR) is 78.2 cm³/mol. The van der Waals surface area contributed by atoms with Crippen LogP contribution in [-0.4, -0.2) is 18.5 Å². The van der Waals surface area contributed by atoms with Crippen LogP contribution in [0.5, 0.6) is 0 Å². The smallest absolute Gasteiger partial charge is 0.241 e. The van der Waals surface area contributed by atoms with Crippen LogP contribution in [0.1, 0.15) is 19.3 Å². The Morgan fingerprint density at radius 3 is 2.79 bits per heavy atom. The van der Waals surface area contributed by atoms with E-state index in [1.807, 2.05) is 30.3 Å². The molecule has 0 unspecified atom stereocenters. The minimum atomic E-state index is -0.0484. The van der Waals surface area contributed by atoms with E-state index in [0.29, 0.717) is 0 Å². The normalized spacial score (nSPS) is 19.3.